The molecule has 0 saturated carbocycles. The molecule has 0 saturated heterocycles. The maximum Gasteiger partial charge on any atom is 0.291 e. The SMILES string of the molecule is CN1C(=O)C=C[C@@H]([NH3+])C1=O. The Labute approximate surface area is 58.3 Å². The fourth-order valence-electron chi connectivity index (χ4n) is 0.750. The minimum atomic E-state index is -0.400. The molecular weight excluding hydrogens is 132 g/mol. The van der Waals surface area contributed by atoms with Gasteiger partial charge in [0.15, 0.2) is 6.04 Å². The maximum absolute atomic E-state index is 10.9. The standard InChI is InChI=1S/C6H8N2O2/c1-8-5(9)3-2-4(7)6(8)10/h2-4H,7H2,1H3/p+1/t4-/m1/s1. The van der Waals surface area contributed by atoms with Crippen LogP contribution in [0.1, 0.15) is 0 Å². The van der Waals surface area contributed by atoms with Crippen molar-refractivity contribution < 1.29 is 15.3 Å². The lowest BCUT2D eigenvalue weighted by Crippen LogP contribution is -2.68. The first-order chi connectivity index (χ1) is 4.63. The van der Waals surface area contributed by atoms with Gasteiger partial charge in [0.05, 0.1) is 0 Å². The molecule has 0 bridgehead atoms. The molecule has 1 rings (SSSR count). The molecule has 0 aromatic heterocycles. The number of carbonyl (C=O) groups is 2. The number of rotatable bonds is 0. The Balaban J connectivity index is 2.89. The summed E-state index contributed by atoms with van der Waals surface area (Å²) in [6, 6.07) is -0.400. The maximum atomic E-state index is 10.9. The number of likely N-dealkylation sites (N-methyl/N-ethyl adjacent to an activating group) is 1. The van der Waals surface area contributed by atoms with E-state index in [2.05, 4.69) is 5.73 Å². The van der Waals surface area contributed by atoms with Crippen molar-refractivity contribution in [2.75, 3.05) is 7.05 Å². The summed E-state index contributed by atoms with van der Waals surface area (Å²) in [5.74, 6) is -0.516. The lowest BCUT2D eigenvalue weighted by Gasteiger charge is -2.17. The van der Waals surface area contributed by atoms with E-state index >= 15 is 0 Å². The van der Waals surface area contributed by atoms with E-state index in [1.807, 2.05) is 0 Å². The van der Waals surface area contributed by atoms with Crippen LogP contribution in [0.25, 0.3) is 0 Å². The molecule has 1 atom stereocenters. The van der Waals surface area contributed by atoms with Crippen LogP contribution in [-0.4, -0.2) is 29.8 Å². The largest absolute Gasteiger partial charge is 0.344 e. The minimum absolute atomic E-state index is 0.243. The summed E-state index contributed by atoms with van der Waals surface area (Å²) >= 11 is 0. The van der Waals surface area contributed by atoms with Gasteiger partial charge >= 0.3 is 0 Å². The third kappa shape index (κ3) is 0.930. The molecule has 0 spiro atoms. The van der Waals surface area contributed by atoms with Gasteiger partial charge in [-0.2, -0.15) is 0 Å². The monoisotopic (exact) mass is 141 g/mol. The zero-order valence-corrected chi connectivity index (χ0v) is 5.70. The van der Waals surface area contributed by atoms with Gasteiger partial charge in [-0.25, -0.2) is 0 Å². The van der Waals surface area contributed by atoms with Gasteiger partial charge in [-0.05, 0) is 6.08 Å². The van der Waals surface area contributed by atoms with E-state index in [1.54, 1.807) is 0 Å². The van der Waals surface area contributed by atoms with E-state index in [1.165, 1.54) is 19.2 Å². The molecule has 4 nitrogen and oxygen atoms in total. The van der Waals surface area contributed by atoms with E-state index in [0.717, 1.165) is 4.90 Å². The van der Waals surface area contributed by atoms with Crippen LogP contribution in [0.15, 0.2) is 12.2 Å². The summed E-state index contributed by atoms with van der Waals surface area (Å²) in [5, 5.41) is 0. The van der Waals surface area contributed by atoms with Gasteiger partial charge in [0.25, 0.3) is 11.8 Å². The summed E-state index contributed by atoms with van der Waals surface area (Å²) in [5.41, 5.74) is 3.53. The third-order valence-corrected chi connectivity index (χ3v) is 1.45. The number of imide groups is 1. The first-order valence-corrected chi connectivity index (χ1v) is 2.95. The molecule has 1 heterocycles. The summed E-state index contributed by atoms with van der Waals surface area (Å²) in [7, 11) is 1.45. The number of nitrogens with zero attached hydrogens (tertiary/aromatic N) is 1. The van der Waals surface area contributed by atoms with Crippen LogP contribution in [0.4, 0.5) is 0 Å². The van der Waals surface area contributed by atoms with E-state index in [9.17, 15) is 9.59 Å². The first kappa shape index (κ1) is 6.95. The van der Waals surface area contributed by atoms with Crippen LogP contribution < -0.4 is 5.73 Å². The van der Waals surface area contributed by atoms with Crippen LogP contribution >= 0.6 is 0 Å². The molecule has 0 aromatic rings. The Morgan fingerprint density at radius 3 is 2.70 bits per heavy atom. The van der Waals surface area contributed by atoms with Crippen molar-refractivity contribution in [3.05, 3.63) is 12.2 Å². The number of amides is 2. The third-order valence-electron chi connectivity index (χ3n) is 1.45. The molecule has 0 fully saturated rings. The molecule has 0 unspecified atom stereocenters. The Morgan fingerprint density at radius 2 is 2.20 bits per heavy atom. The Kier molecular flexibility index (Phi) is 1.55. The van der Waals surface area contributed by atoms with Gasteiger partial charge < -0.3 is 5.73 Å². The lowest BCUT2D eigenvalue weighted by molar-refractivity contribution is -0.390. The Morgan fingerprint density at radius 1 is 1.60 bits per heavy atom. The zero-order chi connectivity index (χ0) is 7.72. The van der Waals surface area contributed by atoms with Gasteiger partial charge in [0.1, 0.15) is 0 Å². The second-order valence-electron chi connectivity index (χ2n) is 2.20. The molecule has 1 aliphatic rings. The highest BCUT2D eigenvalue weighted by Crippen LogP contribution is 1.98. The van der Waals surface area contributed by atoms with Crippen molar-refractivity contribution >= 4 is 11.8 Å². The highest BCUT2D eigenvalue weighted by atomic mass is 16.2. The van der Waals surface area contributed by atoms with Crippen LogP contribution in [0, 0.1) is 0 Å². The second-order valence-corrected chi connectivity index (χ2v) is 2.20. The Hall–Kier alpha value is -1.16. The molecule has 3 N–H and O–H groups in total. The van der Waals surface area contributed by atoms with Gasteiger partial charge in [0, 0.05) is 13.1 Å². The normalized spacial score (nSPS) is 25.8. The molecule has 0 aromatic carbocycles. The van der Waals surface area contributed by atoms with Gasteiger partial charge in [-0.3, -0.25) is 14.5 Å². The van der Waals surface area contributed by atoms with Crippen molar-refractivity contribution in [2.24, 2.45) is 0 Å². The zero-order valence-electron chi connectivity index (χ0n) is 5.70. The average Bonchev–Trinajstić information content (AvgIpc) is 1.93. The quantitative estimate of drug-likeness (QED) is 0.402. The fraction of sp³-hybridized carbons (Fsp3) is 0.333. The molecule has 1 aliphatic heterocycles. The molecule has 4 heteroatoms. The fourth-order valence-corrected chi connectivity index (χ4v) is 0.750. The minimum Gasteiger partial charge on any atom is -0.344 e. The number of quaternary nitrogens is 1. The van der Waals surface area contributed by atoms with Crippen LogP contribution in [-0.2, 0) is 9.59 Å². The Bertz CT molecular complexity index is 210. The van der Waals surface area contributed by atoms with E-state index in [0.29, 0.717) is 0 Å². The number of hydrogen-bond donors (Lipinski definition) is 1. The van der Waals surface area contributed by atoms with Crippen molar-refractivity contribution in [1.29, 1.82) is 0 Å². The number of carbonyl (C=O) groups excluding carboxylic acids is 2. The van der Waals surface area contributed by atoms with Crippen LogP contribution in [0.3, 0.4) is 0 Å². The van der Waals surface area contributed by atoms with E-state index < -0.39 is 6.04 Å². The average molecular weight is 141 g/mol. The summed E-state index contributed by atoms with van der Waals surface area (Å²) in [6.45, 7) is 0. The molecule has 54 valence electrons. The van der Waals surface area contributed by atoms with Crippen molar-refractivity contribution in [3.63, 3.8) is 0 Å². The molecular formula is C6H9N2O2+. The first-order valence-electron chi connectivity index (χ1n) is 2.95. The predicted octanol–water partition coefficient (Wildman–Crippen LogP) is -1.85. The summed E-state index contributed by atoms with van der Waals surface area (Å²) in [4.78, 5) is 22.7. The molecule has 0 radical (unpaired) electrons. The van der Waals surface area contributed by atoms with Gasteiger partial charge in [0.2, 0.25) is 0 Å². The number of hydrogen-bond acceptors (Lipinski definition) is 2. The highest BCUT2D eigenvalue weighted by Gasteiger charge is 2.26. The van der Waals surface area contributed by atoms with Crippen LogP contribution in [0.5, 0.6) is 0 Å². The predicted molar refractivity (Wildman–Crippen MR) is 33.6 cm³/mol. The van der Waals surface area contributed by atoms with Crippen molar-refractivity contribution in [2.45, 2.75) is 6.04 Å². The van der Waals surface area contributed by atoms with Gasteiger partial charge in [-0.15, -0.1) is 0 Å². The van der Waals surface area contributed by atoms with Crippen LogP contribution in [0.2, 0.25) is 0 Å². The summed E-state index contributed by atoms with van der Waals surface area (Å²) in [6.07, 6.45) is 2.86. The van der Waals surface area contributed by atoms with Crippen molar-refractivity contribution in [3.8, 4) is 0 Å². The smallest absolute Gasteiger partial charge is 0.291 e. The molecule has 2 amide bonds. The highest BCUT2D eigenvalue weighted by molar-refractivity contribution is 6.05. The second kappa shape index (κ2) is 2.22. The van der Waals surface area contributed by atoms with E-state index in [-0.39, 0.29) is 11.8 Å². The topological polar surface area (TPSA) is 65.0 Å². The lowest BCUT2D eigenvalue weighted by atomic mass is 10.2. The van der Waals surface area contributed by atoms with Gasteiger partial charge in [-0.1, -0.05) is 0 Å². The van der Waals surface area contributed by atoms with E-state index in [4.69, 9.17) is 0 Å². The van der Waals surface area contributed by atoms with Crippen molar-refractivity contribution in [1.82, 2.24) is 4.90 Å². The molecule has 10 heavy (non-hydrogen) atoms. The summed E-state index contributed by atoms with van der Waals surface area (Å²) < 4.78 is 0. The molecule has 0 aliphatic carbocycles.